The van der Waals surface area contributed by atoms with Crippen LogP contribution in [0.1, 0.15) is 29.8 Å². The van der Waals surface area contributed by atoms with E-state index in [1.165, 1.54) is 12.1 Å². The van der Waals surface area contributed by atoms with E-state index in [0.717, 1.165) is 11.8 Å². The standard InChI is InChI=1S/C19H21FN2O3/c1-12(2)22(3)17-7-5-4-6-16(17)21-18(23)11-13-8-9-14(19(24)25)15(20)10-13/h4-10,12H,11H2,1-3H3,(H,21,23)(H,24,25). The number of halogens is 1. The van der Waals surface area contributed by atoms with Gasteiger partial charge in [0, 0.05) is 13.1 Å². The fourth-order valence-electron chi connectivity index (χ4n) is 2.39. The van der Waals surface area contributed by atoms with Gasteiger partial charge in [0.25, 0.3) is 0 Å². The Morgan fingerprint density at radius 3 is 2.48 bits per heavy atom. The second-order valence-electron chi connectivity index (χ2n) is 6.07. The Hall–Kier alpha value is -2.89. The van der Waals surface area contributed by atoms with Gasteiger partial charge in [-0.15, -0.1) is 0 Å². The number of aromatic carboxylic acids is 1. The van der Waals surface area contributed by atoms with Crippen molar-refractivity contribution < 1.29 is 19.1 Å². The van der Waals surface area contributed by atoms with Crippen LogP contribution in [0, 0.1) is 5.82 Å². The number of benzene rings is 2. The number of amides is 1. The number of rotatable bonds is 6. The Bertz CT molecular complexity index is 790. The number of carboxylic acid groups (broad SMARTS) is 1. The largest absolute Gasteiger partial charge is 0.478 e. The molecular formula is C19H21FN2O3. The third-order valence-corrected chi connectivity index (χ3v) is 3.96. The number of nitrogens with zero attached hydrogens (tertiary/aromatic N) is 1. The molecule has 0 atom stereocenters. The smallest absolute Gasteiger partial charge is 0.338 e. The highest BCUT2D eigenvalue weighted by Gasteiger charge is 2.14. The average molecular weight is 344 g/mol. The first-order valence-electron chi connectivity index (χ1n) is 7.93. The van der Waals surface area contributed by atoms with Crippen LogP contribution in [0.5, 0.6) is 0 Å². The highest BCUT2D eigenvalue weighted by atomic mass is 19.1. The lowest BCUT2D eigenvalue weighted by atomic mass is 10.1. The average Bonchev–Trinajstić information content (AvgIpc) is 2.54. The van der Waals surface area contributed by atoms with Gasteiger partial charge in [0.15, 0.2) is 0 Å². The van der Waals surface area contributed by atoms with Gasteiger partial charge >= 0.3 is 5.97 Å². The number of nitrogens with one attached hydrogen (secondary N) is 1. The normalized spacial score (nSPS) is 10.6. The molecule has 0 saturated heterocycles. The number of hydrogen-bond donors (Lipinski definition) is 2. The Morgan fingerprint density at radius 2 is 1.88 bits per heavy atom. The number of carbonyl (C=O) groups excluding carboxylic acids is 1. The van der Waals surface area contributed by atoms with Gasteiger partial charge in [-0.2, -0.15) is 0 Å². The van der Waals surface area contributed by atoms with Crippen molar-refractivity contribution in [2.75, 3.05) is 17.3 Å². The van der Waals surface area contributed by atoms with Crippen molar-refractivity contribution in [3.05, 3.63) is 59.4 Å². The van der Waals surface area contributed by atoms with E-state index in [2.05, 4.69) is 5.32 Å². The minimum atomic E-state index is -1.33. The van der Waals surface area contributed by atoms with Crippen molar-refractivity contribution in [1.82, 2.24) is 0 Å². The summed E-state index contributed by atoms with van der Waals surface area (Å²) in [6.45, 7) is 4.09. The number of anilines is 2. The Balaban J connectivity index is 2.14. The molecule has 0 bridgehead atoms. The van der Waals surface area contributed by atoms with Crippen LogP contribution in [0.4, 0.5) is 15.8 Å². The maximum atomic E-state index is 13.7. The van der Waals surface area contributed by atoms with Gasteiger partial charge in [-0.25, -0.2) is 9.18 Å². The van der Waals surface area contributed by atoms with Gasteiger partial charge in [0.2, 0.25) is 5.91 Å². The van der Waals surface area contributed by atoms with Gasteiger partial charge in [-0.05, 0) is 43.7 Å². The van der Waals surface area contributed by atoms with Crippen molar-refractivity contribution in [2.24, 2.45) is 0 Å². The van der Waals surface area contributed by atoms with Crippen LogP contribution >= 0.6 is 0 Å². The molecule has 6 heteroatoms. The van der Waals surface area contributed by atoms with Crippen LogP contribution in [-0.4, -0.2) is 30.1 Å². The lowest BCUT2D eigenvalue weighted by Gasteiger charge is -2.26. The molecule has 0 aliphatic carbocycles. The Labute approximate surface area is 146 Å². The molecule has 5 nitrogen and oxygen atoms in total. The molecule has 0 unspecified atom stereocenters. The highest BCUT2D eigenvalue weighted by molar-refractivity contribution is 5.95. The number of carbonyl (C=O) groups is 2. The maximum absolute atomic E-state index is 13.7. The summed E-state index contributed by atoms with van der Waals surface area (Å²) >= 11 is 0. The molecule has 1 amide bonds. The molecule has 2 aromatic rings. The topological polar surface area (TPSA) is 69.6 Å². The predicted molar refractivity (Wildman–Crippen MR) is 95.7 cm³/mol. The lowest BCUT2D eigenvalue weighted by Crippen LogP contribution is -2.27. The number of carboxylic acids is 1. The minimum absolute atomic E-state index is 0.0451. The second kappa shape index (κ2) is 7.79. The van der Waals surface area contributed by atoms with E-state index in [4.69, 9.17) is 5.11 Å². The second-order valence-corrected chi connectivity index (χ2v) is 6.07. The summed E-state index contributed by atoms with van der Waals surface area (Å²) in [7, 11) is 1.94. The fourth-order valence-corrected chi connectivity index (χ4v) is 2.39. The van der Waals surface area contributed by atoms with E-state index >= 15 is 0 Å². The monoisotopic (exact) mass is 344 g/mol. The first-order valence-corrected chi connectivity index (χ1v) is 7.93. The van der Waals surface area contributed by atoms with Crippen LogP contribution in [-0.2, 0) is 11.2 Å². The van der Waals surface area contributed by atoms with Crippen molar-refractivity contribution in [3.8, 4) is 0 Å². The van der Waals surface area contributed by atoms with Gasteiger partial charge in [-0.3, -0.25) is 4.79 Å². The SMILES string of the molecule is CC(C)N(C)c1ccccc1NC(=O)Cc1ccc(C(=O)O)c(F)c1. The molecule has 2 N–H and O–H groups in total. The molecular weight excluding hydrogens is 323 g/mol. The Kier molecular flexibility index (Phi) is 5.75. The van der Waals surface area contributed by atoms with Crippen LogP contribution in [0.25, 0.3) is 0 Å². The van der Waals surface area contributed by atoms with E-state index in [0.29, 0.717) is 11.3 Å². The summed E-state index contributed by atoms with van der Waals surface area (Å²) in [6.07, 6.45) is -0.0451. The zero-order chi connectivity index (χ0) is 18.6. The van der Waals surface area contributed by atoms with Gasteiger partial charge in [0.1, 0.15) is 5.82 Å². The van der Waals surface area contributed by atoms with E-state index in [9.17, 15) is 14.0 Å². The number of para-hydroxylation sites is 2. The van der Waals surface area contributed by atoms with Gasteiger partial charge in [0.05, 0.1) is 23.4 Å². The van der Waals surface area contributed by atoms with Crippen molar-refractivity contribution in [3.63, 3.8) is 0 Å². The molecule has 2 aromatic carbocycles. The third-order valence-electron chi connectivity index (χ3n) is 3.96. The first-order chi connectivity index (χ1) is 11.8. The van der Waals surface area contributed by atoms with Gasteiger partial charge < -0.3 is 15.3 Å². The summed E-state index contributed by atoms with van der Waals surface area (Å²) in [4.78, 5) is 25.2. The van der Waals surface area contributed by atoms with E-state index in [1.54, 1.807) is 6.07 Å². The van der Waals surface area contributed by atoms with Crippen LogP contribution < -0.4 is 10.2 Å². The minimum Gasteiger partial charge on any atom is -0.478 e. The van der Waals surface area contributed by atoms with Gasteiger partial charge in [-0.1, -0.05) is 18.2 Å². The van der Waals surface area contributed by atoms with E-state index < -0.39 is 17.3 Å². The maximum Gasteiger partial charge on any atom is 0.338 e. The molecule has 0 aliphatic rings. The van der Waals surface area contributed by atoms with Crippen molar-refractivity contribution >= 4 is 23.3 Å². The third kappa shape index (κ3) is 4.56. The van der Waals surface area contributed by atoms with Crippen LogP contribution in [0.2, 0.25) is 0 Å². The summed E-state index contributed by atoms with van der Waals surface area (Å²) < 4.78 is 13.7. The van der Waals surface area contributed by atoms with E-state index in [-0.39, 0.29) is 18.4 Å². The van der Waals surface area contributed by atoms with Crippen LogP contribution in [0.15, 0.2) is 42.5 Å². The lowest BCUT2D eigenvalue weighted by molar-refractivity contribution is -0.115. The predicted octanol–water partition coefficient (Wildman–Crippen LogP) is 3.55. The molecule has 0 aliphatic heterocycles. The molecule has 0 saturated carbocycles. The molecule has 2 rings (SSSR count). The summed E-state index contributed by atoms with van der Waals surface area (Å²) in [5, 5.41) is 11.7. The van der Waals surface area contributed by atoms with E-state index in [1.807, 2.05) is 44.0 Å². The zero-order valence-corrected chi connectivity index (χ0v) is 14.4. The summed E-state index contributed by atoms with van der Waals surface area (Å²) in [5.41, 5.74) is 1.56. The summed E-state index contributed by atoms with van der Waals surface area (Å²) in [5.74, 6) is -2.48. The van der Waals surface area contributed by atoms with Crippen molar-refractivity contribution in [1.29, 1.82) is 0 Å². The highest BCUT2D eigenvalue weighted by Crippen LogP contribution is 2.26. The molecule has 0 spiro atoms. The van der Waals surface area contributed by atoms with Crippen LogP contribution in [0.3, 0.4) is 0 Å². The molecule has 0 radical (unpaired) electrons. The molecule has 0 aromatic heterocycles. The number of hydrogen-bond acceptors (Lipinski definition) is 3. The molecule has 132 valence electrons. The first kappa shape index (κ1) is 18.4. The summed E-state index contributed by atoms with van der Waals surface area (Å²) in [6, 6.07) is 11.4. The molecule has 25 heavy (non-hydrogen) atoms. The molecule has 0 fully saturated rings. The quantitative estimate of drug-likeness (QED) is 0.841. The fraction of sp³-hybridized carbons (Fsp3) is 0.263. The molecule has 0 heterocycles. The Morgan fingerprint density at radius 1 is 1.20 bits per heavy atom. The van der Waals surface area contributed by atoms with Crippen molar-refractivity contribution in [2.45, 2.75) is 26.3 Å². The zero-order valence-electron chi connectivity index (χ0n) is 14.4.